The molecule has 0 saturated carbocycles. The minimum absolute atomic E-state index is 0.150. The van der Waals surface area contributed by atoms with Gasteiger partial charge in [0, 0.05) is 43.5 Å². The average molecular weight is 432 g/mol. The third kappa shape index (κ3) is 3.61. The van der Waals surface area contributed by atoms with Crippen molar-refractivity contribution in [2.75, 3.05) is 31.1 Å². The summed E-state index contributed by atoms with van der Waals surface area (Å²) < 4.78 is 4.41. The van der Waals surface area contributed by atoms with Gasteiger partial charge in [-0.05, 0) is 70.7 Å². The third-order valence-corrected chi connectivity index (χ3v) is 7.06. The van der Waals surface area contributed by atoms with Crippen molar-refractivity contribution in [1.29, 1.82) is 0 Å². The third-order valence-electron chi connectivity index (χ3n) is 7.06. The van der Waals surface area contributed by atoms with Gasteiger partial charge in [0.1, 0.15) is 5.69 Å². The van der Waals surface area contributed by atoms with Crippen LogP contribution in [-0.2, 0) is 4.79 Å². The van der Waals surface area contributed by atoms with Crippen molar-refractivity contribution >= 4 is 11.7 Å². The first-order chi connectivity index (χ1) is 15.5. The van der Waals surface area contributed by atoms with E-state index in [1.807, 2.05) is 6.07 Å². The van der Waals surface area contributed by atoms with Gasteiger partial charge in [-0.3, -0.25) is 4.79 Å². The minimum Gasteiger partial charge on any atom is -0.355 e. The van der Waals surface area contributed by atoms with E-state index < -0.39 is 0 Å². The van der Waals surface area contributed by atoms with Crippen LogP contribution in [0.4, 0.5) is 5.82 Å². The molecule has 4 heterocycles. The maximum absolute atomic E-state index is 13.0. The van der Waals surface area contributed by atoms with Gasteiger partial charge in [-0.1, -0.05) is 18.2 Å². The van der Waals surface area contributed by atoms with E-state index >= 15 is 0 Å². The van der Waals surface area contributed by atoms with E-state index in [2.05, 4.69) is 76.2 Å². The molecular weight excluding hydrogens is 398 g/mol. The minimum atomic E-state index is 0.150. The van der Waals surface area contributed by atoms with Crippen LogP contribution in [0.15, 0.2) is 42.5 Å². The number of para-hydroxylation sites is 1. The molecule has 2 aliphatic rings. The lowest BCUT2D eigenvalue weighted by Crippen LogP contribution is -2.42. The van der Waals surface area contributed by atoms with E-state index in [4.69, 9.17) is 5.10 Å². The van der Waals surface area contributed by atoms with Crippen molar-refractivity contribution in [1.82, 2.24) is 19.2 Å². The molecule has 5 rings (SSSR count). The summed E-state index contributed by atoms with van der Waals surface area (Å²) in [5, 5.41) is 4.99. The smallest absolute Gasteiger partial charge is 0.225 e. The van der Waals surface area contributed by atoms with Crippen LogP contribution in [0.3, 0.4) is 0 Å². The molecule has 2 aromatic heterocycles. The average Bonchev–Trinajstić information content (AvgIpc) is 3.54. The number of carbonyl (C=O) groups is 1. The molecule has 2 aliphatic heterocycles. The van der Waals surface area contributed by atoms with Gasteiger partial charge in [0.2, 0.25) is 5.91 Å². The number of aryl methyl sites for hydroxylation is 3. The molecule has 168 valence electrons. The van der Waals surface area contributed by atoms with E-state index in [1.54, 1.807) is 0 Å². The summed E-state index contributed by atoms with van der Waals surface area (Å²) in [5.74, 6) is 1.65. The Hall–Kier alpha value is -3.02. The number of piperidine rings is 1. The summed E-state index contributed by atoms with van der Waals surface area (Å²) in [5.41, 5.74) is 5.64. The van der Waals surface area contributed by atoms with Crippen molar-refractivity contribution in [2.24, 2.45) is 5.92 Å². The number of likely N-dealkylation sites (tertiary alicyclic amines) is 1. The summed E-state index contributed by atoms with van der Waals surface area (Å²) in [7, 11) is 0. The highest BCUT2D eigenvalue weighted by molar-refractivity contribution is 5.79. The fraction of sp³-hybridized carbons (Fsp3) is 0.462. The van der Waals surface area contributed by atoms with Crippen molar-refractivity contribution in [3.8, 4) is 11.4 Å². The van der Waals surface area contributed by atoms with E-state index in [-0.39, 0.29) is 5.92 Å². The van der Waals surface area contributed by atoms with Gasteiger partial charge in [-0.2, -0.15) is 5.10 Å². The molecule has 0 spiro atoms. The van der Waals surface area contributed by atoms with Crippen LogP contribution in [0.5, 0.6) is 0 Å². The molecule has 6 heteroatoms. The number of anilines is 1. The molecule has 6 nitrogen and oxygen atoms in total. The predicted molar refractivity (Wildman–Crippen MR) is 128 cm³/mol. The van der Waals surface area contributed by atoms with Crippen LogP contribution in [0.1, 0.15) is 42.8 Å². The quantitative estimate of drug-likeness (QED) is 0.614. The second kappa shape index (κ2) is 8.49. The zero-order valence-corrected chi connectivity index (χ0v) is 19.4. The second-order valence-corrected chi connectivity index (χ2v) is 9.25. The lowest BCUT2D eigenvalue weighted by atomic mass is 9.95. The Labute approximate surface area is 190 Å². The largest absolute Gasteiger partial charge is 0.355 e. The molecule has 3 aromatic rings. The summed E-state index contributed by atoms with van der Waals surface area (Å²) in [6.07, 6.45) is 4.10. The van der Waals surface area contributed by atoms with E-state index in [1.165, 1.54) is 11.4 Å². The number of amides is 1. The van der Waals surface area contributed by atoms with Crippen LogP contribution in [-0.4, -0.2) is 51.3 Å². The normalized spacial score (nSPS) is 17.3. The Balaban J connectivity index is 1.51. The van der Waals surface area contributed by atoms with E-state index in [0.717, 1.165) is 74.7 Å². The molecule has 0 bridgehead atoms. The van der Waals surface area contributed by atoms with Gasteiger partial charge in [0.25, 0.3) is 0 Å². The molecule has 1 amide bonds. The van der Waals surface area contributed by atoms with Crippen LogP contribution in [0.2, 0.25) is 0 Å². The SMILES string of the molecule is Cc1nn(-c2ccccc2)c(N2CCC(C(=O)N3CCCC3)CC2)c1-n1c(C)ccc1C. The zero-order valence-electron chi connectivity index (χ0n) is 19.4. The topological polar surface area (TPSA) is 46.3 Å². The lowest BCUT2D eigenvalue weighted by molar-refractivity contribution is -0.135. The Bertz CT molecular complexity index is 1080. The fourth-order valence-corrected chi connectivity index (χ4v) is 5.36. The number of benzene rings is 1. The van der Waals surface area contributed by atoms with Crippen molar-refractivity contribution < 1.29 is 4.79 Å². The van der Waals surface area contributed by atoms with Crippen molar-refractivity contribution in [3.05, 3.63) is 59.5 Å². The molecule has 0 unspecified atom stereocenters. The molecule has 0 N–H and O–H groups in total. The maximum atomic E-state index is 13.0. The first kappa shape index (κ1) is 20.9. The number of hydrogen-bond acceptors (Lipinski definition) is 3. The van der Waals surface area contributed by atoms with Gasteiger partial charge in [0.05, 0.1) is 11.4 Å². The lowest BCUT2D eigenvalue weighted by Gasteiger charge is -2.35. The highest BCUT2D eigenvalue weighted by Crippen LogP contribution is 2.35. The summed E-state index contributed by atoms with van der Waals surface area (Å²) in [4.78, 5) is 17.5. The molecule has 0 aliphatic carbocycles. The highest BCUT2D eigenvalue weighted by atomic mass is 16.2. The van der Waals surface area contributed by atoms with Crippen molar-refractivity contribution in [3.63, 3.8) is 0 Å². The van der Waals surface area contributed by atoms with Gasteiger partial charge in [-0.15, -0.1) is 0 Å². The summed E-state index contributed by atoms with van der Waals surface area (Å²) in [6, 6.07) is 14.7. The first-order valence-corrected chi connectivity index (χ1v) is 11.9. The first-order valence-electron chi connectivity index (χ1n) is 11.9. The van der Waals surface area contributed by atoms with Gasteiger partial charge in [-0.25, -0.2) is 4.68 Å². The maximum Gasteiger partial charge on any atom is 0.225 e. The Morgan fingerprint density at radius 3 is 2.12 bits per heavy atom. The second-order valence-electron chi connectivity index (χ2n) is 9.25. The molecule has 0 atom stereocenters. The van der Waals surface area contributed by atoms with Crippen LogP contribution < -0.4 is 4.90 Å². The molecule has 32 heavy (non-hydrogen) atoms. The van der Waals surface area contributed by atoms with Gasteiger partial charge in [0.15, 0.2) is 5.82 Å². The number of nitrogens with zero attached hydrogens (tertiary/aromatic N) is 5. The van der Waals surface area contributed by atoms with Crippen LogP contribution in [0, 0.1) is 26.7 Å². The highest BCUT2D eigenvalue weighted by Gasteiger charge is 2.33. The summed E-state index contributed by atoms with van der Waals surface area (Å²) >= 11 is 0. The van der Waals surface area contributed by atoms with E-state index in [9.17, 15) is 4.79 Å². The molecule has 2 saturated heterocycles. The molecule has 2 fully saturated rings. The predicted octanol–water partition coefficient (Wildman–Crippen LogP) is 4.43. The number of aromatic nitrogens is 3. The summed E-state index contributed by atoms with van der Waals surface area (Å²) in [6.45, 7) is 10.0. The Kier molecular flexibility index (Phi) is 5.53. The molecule has 0 radical (unpaired) electrons. The Morgan fingerprint density at radius 2 is 1.50 bits per heavy atom. The van der Waals surface area contributed by atoms with Gasteiger partial charge >= 0.3 is 0 Å². The van der Waals surface area contributed by atoms with E-state index in [0.29, 0.717) is 5.91 Å². The van der Waals surface area contributed by atoms with Crippen LogP contribution >= 0.6 is 0 Å². The number of hydrogen-bond donors (Lipinski definition) is 0. The number of rotatable bonds is 4. The fourth-order valence-electron chi connectivity index (χ4n) is 5.36. The Morgan fingerprint density at radius 1 is 0.875 bits per heavy atom. The zero-order chi connectivity index (χ0) is 22.2. The monoisotopic (exact) mass is 431 g/mol. The standard InChI is InChI=1S/C26H33N5O/c1-19-11-12-20(2)30(19)24-21(3)27-31(23-9-5-4-6-10-23)25(24)28-17-13-22(14-18-28)26(32)29-15-7-8-16-29/h4-6,9-12,22H,7-8,13-18H2,1-3H3. The molecule has 1 aromatic carbocycles. The van der Waals surface area contributed by atoms with Crippen LogP contribution in [0.25, 0.3) is 11.4 Å². The number of carbonyl (C=O) groups excluding carboxylic acids is 1. The van der Waals surface area contributed by atoms with Gasteiger partial charge < -0.3 is 14.4 Å². The molecular formula is C26H33N5O. The van der Waals surface area contributed by atoms with Crippen molar-refractivity contribution in [2.45, 2.75) is 46.5 Å².